The Labute approximate surface area is 124 Å². The van der Waals surface area contributed by atoms with E-state index in [-0.39, 0.29) is 5.91 Å². The maximum absolute atomic E-state index is 12.2. The lowest BCUT2D eigenvalue weighted by Gasteiger charge is -2.07. The summed E-state index contributed by atoms with van der Waals surface area (Å²) < 4.78 is 3.05. The van der Waals surface area contributed by atoms with Crippen molar-refractivity contribution in [3.05, 3.63) is 44.3 Å². The second-order valence-corrected chi connectivity index (χ2v) is 7.17. The number of hydrogen-bond acceptors (Lipinski definition) is 2. The van der Waals surface area contributed by atoms with Crippen LogP contribution >= 0.6 is 27.3 Å². The number of thiophene rings is 1. The summed E-state index contributed by atoms with van der Waals surface area (Å²) in [6, 6.07) is 6.55. The first-order chi connectivity index (χ1) is 9.13. The van der Waals surface area contributed by atoms with E-state index in [9.17, 15) is 4.79 Å². The van der Waals surface area contributed by atoms with Gasteiger partial charge in [0.25, 0.3) is 5.91 Å². The average molecular weight is 339 g/mol. The maximum Gasteiger partial charge on any atom is 0.268 e. The Hall–Kier alpha value is -1.07. The molecule has 0 atom stereocenters. The fraction of sp³-hybridized carbons (Fsp3) is 0.357. The van der Waals surface area contributed by atoms with Crippen LogP contribution in [0, 0.1) is 6.92 Å². The van der Waals surface area contributed by atoms with E-state index in [1.807, 2.05) is 12.3 Å². The van der Waals surface area contributed by atoms with Crippen molar-refractivity contribution in [1.29, 1.82) is 0 Å². The maximum atomic E-state index is 12.2. The molecule has 2 aromatic heterocycles. The van der Waals surface area contributed by atoms with E-state index in [2.05, 4.69) is 44.9 Å². The molecule has 0 saturated heterocycles. The summed E-state index contributed by atoms with van der Waals surface area (Å²) in [5.74, 6) is 0.00338. The topological polar surface area (TPSA) is 34.0 Å². The molecule has 1 N–H and O–H groups in total. The van der Waals surface area contributed by atoms with Gasteiger partial charge >= 0.3 is 0 Å². The quantitative estimate of drug-likeness (QED) is 0.901. The SMILES string of the molecule is Cc1ccc(CNC(=O)c2cc(Br)cn2C2CC2)s1. The van der Waals surface area contributed by atoms with Gasteiger partial charge in [0, 0.05) is 26.5 Å². The molecular weight excluding hydrogens is 324 g/mol. The lowest BCUT2D eigenvalue weighted by atomic mass is 10.3. The molecule has 1 amide bonds. The number of aryl methyl sites for hydroxylation is 1. The molecule has 2 aromatic rings. The van der Waals surface area contributed by atoms with Gasteiger partial charge in [0.2, 0.25) is 0 Å². The van der Waals surface area contributed by atoms with Gasteiger partial charge in [0.1, 0.15) is 5.69 Å². The van der Waals surface area contributed by atoms with E-state index in [4.69, 9.17) is 0 Å². The number of amides is 1. The van der Waals surface area contributed by atoms with Crippen molar-refractivity contribution in [2.45, 2.75) is 32.4 Å². The molecule has 100 valence electrons. The van der Waals surface area contributed by atoms with Gasteiger partial charge in [0.15, 0.2) is 0 Å². The van der Waals surface area contributed by atoms with Crippen LogP contribution in [0.2, 0.25) is 0 Å². The predicted molar refractivity (Wildman–Crippen MR) is 80.6 cm³/mol. The summed E-state index contributed by atoms with van der Waals surface area (Å²) in [7, 11) is 0. The van der Waals surface area contributed by atoms with E-state index in [1.54, 1.807) is 11.3 Å². The first-order valence-electron chi connectivity index (χ1n) is 6.34. The minimum atomic E-state index is 0.00338. The van der Waals surface area contributed by atoms with Gasteiger partial charge in [-0.3, -0.25) is 4.79 Å². The van der Waals surface area contributed by atoms with Crippen molar-refractivity contribution in [2.24, 2.45) is 0 Å². The molecule has 3 rings (SSSR count). The molecule has 0 unspecified atom stereocenters. The Morgan fingerprint density at radius 3 is 2.95 bits per heavy atom. The summed E-state index contributed by atoms with van der Waals surface area (Å²) in [4.78, 5) is 14.7. The van der Waals surface area contributed by atoms with Gasteiger partial charge < -0.3 is 9.88 Å². The average Bonchev–Trinajstić information content (AvgIpc) is 3.03. The van der Waals surface area contributed by atoms with Crippen LogP contribution in [-0.2, 0) is 6.54 Å². The number of hydrogen-bond donors (Lipinski definition) is 1. The van der Waals surface area contributed by atoms with Gasteiger partial charge in [-0.2, -0.15) is 0 Å². The summed E-state index contributed by atoms with van der Waals surface area (Å²) in [6.07, 6.45) is 4.35. The molecule has 0 radical (unpaired) electrons. The molecule has 0 spiro atoms. The van der Waals surface area contributed by atoms with Crippen LogP contribution in [0.25, 0.3) is 0 Å². The molecule has 0 aromatic carbocycles. The highest BCUT2D eigenvalue weighted by atomic mass is 79.9. The first-order valence-corrected chi connectivity index (χ1v) is 7.95. The smallest absolute Gasteiger partial charge is 0.268 e. The molecule has 0 bridgehead atoms. The molecule has 19 heavy (non-hydrogen) atoms. The van der Waals surface area contributed by atoms with Crippen molar-refractivity contribution in [3.8, 4) is 0 Å². The van der Waals surface area contributed by atoms with E-state index < -0.39 is 0 Å². The monoisotopic (exact) mass is 338 g/mol. The van der Waals surface area contributed by atoms with E-state index in [0.29, 0.717) is 12.6 Å². The number of aromatic nitrogens is 1. The van der Waals surface area contributed by atoms with Crippen molar-refractivity contribution >= 4 is 33.2 Å². The van der Waals surface area contributed by atoms with Gasteiger partial charge in [-0.05, 0) is 53.9 Å². The lowest BCUT2D eigenvalue weighted by Crippen LogP contribution is -2.24. The van der Waals surface area contributed by atoms with E-state index >= 15 is 0 Å². The molecule has 1 aliphatic carbocycles. The van der Waals surface area contributed by atoms with Crippen molar-refractivity contribution in [1.82, 2.24) is 9.88 Å². The standard InChI is InChI=1S/C14H15BrN2OS/c1-9-2-5-12(19-9)7-16-14(18)13-6-10(15)8-17(13)11-3-4-11/h2,5-6,8,11H,3-4,7H2,1H3,(H,16,18). The molecule has 1 fully saturated rings. The Morgan fingerprint density at radius 1 is 1.53 bits per heavy atom. The van der Waals surface area contributed by atoms with Crippen molar-refractivity contribution < 1.29 is 4.79 Å². The van der Waals surface area contributed by atoms with Crippen LogP contribution < -0.4 is 5.32 Å². The molecule has 2 heterocycles. The second kappa shape index (κ2) is 5.13. The van der Waals surface area contributed by atoms with Crippen LogP contribution in [-0.4, -0.2) is 10.5 Å². The van der Waals surface area contributed by atoms with Gasteiger partial charge in [-0.1, -0.05) is 0 Å². The van der Waals surface area contributed by atoms with Crippen molar-refractivity contribution in [2.75, 3.05) is 0 Å². The third-order valence-corrected chi connectivity index (χ3v) is 4.64. The third kappa shape index (κ3) is 2.92. The minimum Gasteiger partial charge on any atom is -0.346 e. The lowest BCUT2D eigenvalue weighted by molar-refractivity contribution is 0.0942. The molecule has 3 nitrogen and oxygen atoms in total. The third-order valence-electron chi connectivity index (χ3n) is 3.21. The van der Waals surface area contributed by atoms with Crippen LogP contribution in [0.5, 0.6) is 0 Å². The number of carbonyl (C=O) groups is 1. The van der Waals surface area contributed by atoms with E-state index in [1.165, 1.54) is 22.6 Å². The number of carbonyl (C=O) groups excluding carboxylic acids is 1. The number of nitrogens with one attached hydrogen (secondary N) is 1. The summed E-state index contributed by atoms with van der Waals surface area (Å²) in [6.45, 7) is 2.68. The van der Waals surface area contributed by atoms with E-state index in [0.717, 1.165) is 10.2 Å². The minimum absolute atomic E-state index is 0.00338. The molecule has 0 aliphatic heterocycles. The zero-order valence-corrected chi connectivity index (χ0v) is 13.1. The normalized spacial score (nSPS) is 14.6. The zero-order chi connectivity index (χ0) is 13.4. The predicted octanol–water partition coefficient (Wildman–Crippen LogP) is 3.89. The number of rotatable bonds is 4. The van der Waals surface area contributed by atoms with Crippen LogP contribution in [0.4, 0.5) is 0 Å². The number of nitrogens with zero attached hydrogens (tertiary/aromatic N) is 1. The molecule has 1 saturated carbocycles. The van der Waals surface area contributed by atoms with Gasteiger partial charge in [0.05, 0.1) is 6.54 Å². The highest BCUT2D eigenvalue weighted by molar-refractivity contribution is 9.10. The summed E-state index contributed by atoms with van der Waals surface area (Å²) in [5.41, 5.74) is 0.752. The largest absolute Gasteiger partial charge is 0.346 e. The molecule has 5 heteroatoms. The Bertz CT molecular complexity index is 613. The number of halogens is 1. The van der Waals surface area contributed by atoms with Crippen LogP contribution in [0.15, 0.2) is 28.9 Å². The Kier molecular flexibility index (Phi) is 3.50. The second-order valence-electron chi connectivity index (χ2n) is 4.88. The van der Waals surface area contributed by atoms with Gasteiger partial charge in [-0.15, -0.1) is 11.3 Å². The van der Waals surface area contributed by atoms with Gasteiger partial charge in [-0.25, -0.2) is 0 Å². The highest BCUT2D eigenvalue weighted by Crippen LogP contribution is 2.37. The highest BCUT2D eigenvalue weighted by Gasteiger charge is 2.27. The van der Waals surface area contributed by atoms with Crippen LogP contribution in [0.3, 0.4) is 0 Å². The molecule has 1 aliphatic rings. The molecular formula is C14H15BrN2OS. The Morgan fingerprint density at radius 2 is 2.32 bits per heavy atom. The van der Waals surface area contributed by atoms with Crippen LogP contribution in [0.1, 0.15) is 39.1 Å². The first kappa shape index (κ1) is 12.9. The summed E-state index contributed by atoms with van der Waals surface area (Å²) >= 11 is 5.17. The fourth-order valence-corrected chi connectivity index (χ4v) is 3.39. The summed E-state index contributed by atoms with van der Waals surface area (Å²) in [5, 5.41) is 2.99. The zero-order valence-electron chi connectivity index (χ0n) is 10.6. The fourth-order valence-electron chi connectivity index (χ4n) is 2.12. The van der Waals surface area contributed by atoms with Crippen molar-refractivity contribution in [3.63, 3.8) is 0 Å². The Balaban J connectivity index is 1.70.